The first-order valence-corrected chi connectivity index (χ1v) is 6.60. The predicted molar refractivity (Wildman–Crippen MR) is 66.3 cm³/mol. The van der Waals surface area contributed by atoms with Gasteiger partial charge in [0.2, 0.25) is 0 Å². The van der Waals surface area contributed by atoms with Crippen LogP contribution in [-0.2, 0) is 0 Å². The Balaban J connectivity index is 1.96. The predicted octanol–water partition coefficient (Wildman–Crippen LogP) is 3.74. The van der Waals surface area contributed by atoms with Crippen molar-refractivity contribution in [1.82, 2.24) is 0 Å². The molecule has 2 aliphatic rings. The van der Waals surface area contributed by atoms with Crippen LogP contribution in [0.1, 0.15) is 49.4 Å². The van der Waals surface area contributed by atoms with E-state index >= 15 is 0 Å². The lowest BCUT2D eigenvalue weighted by Gasteiger charge is -2.42. The van der Waals surface area contributed by atoms with E-state index in [0.29, 0.717) is 23.7 Å². The van der Waals surface area contributed by atoms with Crippen LogP contribution in [0.2, 0.25) is 0 Å². The molecule has 1 unspecified atom stereocenters. The Kier molecular flexibility index (Phi) is 2.65. The summed E-state index contributed by atoms with van der Waals surface area (Å²) in [4.78, 5) is 12.2. The number of fused-ring (bicyclic) bond motifs is 1. The molecular formula is C15H17FO2. The molecule has 0 saturated heterocycles. The number of benzene rings is 1. The zero-order valence-electron chi connectivity index (χ0n) is 10.5. The van der Waals surface area contributed by atoms with Gasteiger partial charge in [-0.15, -0.1) is 0 Å². The van der Waals surface area contributed by atoms with Crippen LogP contribution < -0.4 is 4.74 Å². The van der Waals surface area contributed by atoms with Crippen molar-refractivity contribution < 1.29 is 13.9 Å². The van der Waals surface area contributed by atoms with E-state index in [1.165, 1.54) is 18.6 Å². The summed E-state index contributed by atoms with van der Waals surface area (Å²) in [7, 11) is 0. The Morgan fingerprint density at radius 2 is 2.28 bits per heavy atom. The smallest absolute Gasteiger partial charge is 0.170 e. The number of hydrogen-bond acceptors (Lipinski definition) is 2. The number of Topliss-reactive ketones (excluding diaryl/α,β-unsaturated/α-hetero) is 1. The van der Waals surface area contributed by atoms with Crippen LogP contribution in [0, 0.1) is 11.7 Å². The van der Waals surface area contributed by atoms with E-state index in [0.717, 1.165) is 19.3 Å². The largest absolute Gasteiger partial charge is 0.486 e. The van der Waals surface area contributed by atoms with Crippen molar-refractivity contribution in [1.29, 1.82) is 0 Å². The first kappa shape index (κ1) is 11.7. The zero-order chi connectivity index (χ0) is 12.8. The summed E-state index contributed by atoms with van der Waals surface area (Å²) in [5, 5.41) is 0. The van der Waals surface area contributed by atoms with Gasteiger partial charge in [0, 0.05) is 0 Å². The number of carbonyl (C=O) groups excluding carboxylic acids is 1. The van der Waals surface area contributed by atoms with Crippen molar-refractivity contribution in [3.63, 3.8) is 0 Å². The molecule has 1 spiro atoms. The van der Waals surface area contributed by atoms with Crippen LogP contribution >= 0.6 is 0 Å². The van der Waals surface area contributed by atoms with Crippen LogP contribution in [-0.4, -0.2) is 11.4 Å². The van der Waals surface area contributed by atoms with Gasteiger partial charge < -0.3 is 4.74 Å². The van der Waals surface area contributed by atoms with Crippen LogP contribution in [0.25, 0.3) is 0 Å². The summed E-state index contributed by atoms with van der Waals surface area (Å²) in [5.74, 6) is 0.791. The van der Waals surface area contributed by atoms with Gasteiger partial charge in [0.1, 0.15) is 17.2 Å². The minimum atomic E-state index is -0.376. The highest BCUT2D eigenvalue weighted by molar-refractivity contribution is 6.00. The quantitative estimate of drug-likeness (QED) is 0.699. The Labute approximate surface area is 106 Å². The molecule has 18 heavy (non-hydrogen) atoms. The average molecular weight is 248 g/mol. The molecule has 1 heterocycles. The first-order chi connectivity index (χ1) is 8.58. The van der Waals surface area contributed by atoms with Crippen LogP contribution in [0.15, 0.2) is 18.2 Å². The van der Waals surface area contributed by atoms with Gasteiger partial charge in [0.15, 0.2) is 5.78 Å². The van der Waals surface area contributed by atoms with E-state index in [9.17, 15) is 9.18 Å². The normalized spacial score (nSPS) is 31.0. The Bertz CT molecular complexity index is 497. The van der Waals surface area contributed by atoms with Gasteiger partial charge in [0.05, 0.1) is 12.0 Å². The standard InChI is InChI=1S/C15H17FO2/c1-10-3-2-6-15(8-10)9-13(17)12-7-11(16)4-5-14(12)18-15/h4-5,7,10H,2-3,6,8-9H2,1H3/t10?,15-/m1/s1. The zero-order valence-corrected chi connectivity index (χ0v) is 10.5. The van der Waals surface area contributed by atoms with Crippen molar-refractivity contribution >= 4 is 5.78 Å². The molecule has 0 radical (unpaired) electrons. The van der Waals surface area contributed by atoms with Crippen molar-refractivity contribution in [2.45, 2.75) is 44.6 Å². The maximum atomic E-state index is 13.2. The summed E-state index contributed by atoms with van der Waals surface area (Å²) < 4.78 is 19.2. The molecule has 0 amide bonds. The Morgan fingerprint density at radius 1 is 1.44 bits per heavy atom. The van der Waals surface area contributed by atoms with Crippen molar-refractivity contribution in [2.24, 2.45) is 5.92 Å². The van der Waals surface area contributed by atoms with Gasteiger partial charge in [-0.2, -0.15) is 0 Å². The third-order valence-electron chi connectivity index (χ3n) is 4.10. The molecule has 1 fully saturated rings. The van der Waals surface area contributed by atoms with Crippen LogP contribution in [0.5, 0.6) is 5.75 Å². The second-order valence-electron chi connectivity index (χ2n) is 5.73. The SMILES string of the molecule is CC1CCC[C@]2(CC(=O)c3cc(F)ccc3O2)C1. The van der Waals surface area contributed by atoms with Crippen LogP contribution in [0.3, 0.4) is 0 Å². The monoisotopic (exact) mass is 248 g/mol. The number of ketones is 1. The molecule has 0 N–H and O–H groups in total. The van der Waals surface area contributed by atoms with Gasteiger partial charge in [-0.05, 0) is 43.4 Å². The van der Waals surface area contributed by atoms with Gasteiger partial charge in [-0.1, -0.05) is 13.3 Å². The van der Waals surface area contributed by atoms with Gasteiger partial charge in [-0.25, -0.2) is 4.39 Å². The van der Waals surface area contributed by atoms with Gasteiger partial charge in [-0.3, -0.25) is 4.79 Å². The number of hydrogen-bond donors (Lipinski definition) is 0. The second-order valence-corrected chi connectivity index (χ2v) is 5.73. The molecule has 1 aliphatic heterocycles. The van der Waals surface area contributed by atoms with E-state index in [2.05, 4.69) is 6.92 Å². The lowest BCUT2D eigenvalue weighted by atomic mass is 9.74. The Hall–Kier alpha value is -1.38. The van der Waals surface area contributed by atoms with Crippen molar-refractivity contribution in [2.75, 3.05) is 0 Å². The molecule has 1 aromatic carbocycles. The van der Waals surface area contributed by atoms with Crippen molar-refractivity contribution in [3.05, 3.63) is 29.6 Å². The fourth-order valence-electron chi connectivity index (χ4n) is 3.33. The molecule has 1 saturated carbocycles. The third kappa shape index (κ3) is 1.92. The molecule has 3 heteroatoms. The molecule has 96 valence electrons. The van der Waals surface area contributed by atoms with E-state index in [4.69, 9.17) is 4.74 Å². The highest BCUT2D eigenvalue weighted by atomic mass is 19.1. The van der Waals surface area contributed by atoms with E-state index in [1.807, 2.05) is 0 Å². The minimum Gasteiger partial charge on any atom is -0.486 e. The maximum absolute atomic E-state index is 13.2. The highest BCUT2D eigenvalue weighted by Crippen LogP contribution is 2.43. The molecule has 3 rings (SSSR count). The van der Waals surface area contributed by atoms with Gasteiger partial charge >= 0.3 is 0 Å². The highest BCUT2D eigenvalue weighted by Gasteiger charge is 2.43. The first-order valence-electron chi connectivity index (χ1n) is 6.60. The number of carbonyl (C=O) groups is 1. The fourth-order valence-corrected chi connectivity index (χ4v) is 3.33. The Morgan fingerprint density at radius 3 is 3.06 bits per heavy atom. The summed E-state index contributed by atoms with van der Waals surface area (Å²) in [5.41, 5.74) is 0.0680. The summed E-state index contributed by atoms with van der Waals surface area (Å²) in [6.07, 6.45) is 4.56. The lowest BCUT2D eigenvalue weighted by molar-refractivity contribution is -0.000923. The van der Waals surface area contributed by atoms with Crippen molar-refractivity contribution in [3.8, 4) is 5.75 Å². The third-order valence-corrected chi connectivity index (χ3v) is 4.10. The van der Waals surface area contributed by atoms with E-state index < -0.39 is 0 Å². The summed E-state index contributed by atoms with van der Waals surface area (Å²) >= 11 is 0. The topological polar surface area (TPSA) is 26.3 Å². The summed E-state index contributed by atoms with van der Waals surface area (Å²) in [6, 6.07) is 4.23. The lowest BCUT2D eigenvalue weighted by Crippen LogP contribution is -2.45. The second kappa shape index (κ2) is 4.08. The molecule has 1 aliphatic carbocycles. The van der Waals surface area contributed by atoms with Gasteiger partial charge in [0.25, 0.3) is 0 Å². The maximum Gasteiger partial charge on any atom is 0.170 e. The fraction of sp³-hybridized carbons (Fsp3) is 0.533. The molecular weight excluding hydrogens is 231 g/mol. The average Bonchev–Trinajstić information content (AvgIpc) is 2.30. The molecule has 2 atom stereocenters. The molecule has 0 bridgehead atoms. The minimum absolute atomic E-state index is 0.0184. The van der Waals surface area contributed by atoms with E-state index in [1.54, 1.807) is 6.07 Å². The number of rotatable bonds is 0. The molecule has 1 aromatic rings. The molecule has 2 nitrogen and oxygen atoms in total. The number of halogens is 1. The van der Waals surface area contributed by atoms with E-state index in [-0.39, 0.29) is 17.2 Å². The van der Waals surface area contributed by atoms with Crippen LogP contribution in [0.4, 0.5) is 4.39 Å². The molecule has 0 aromatic heterocycles. The number of ether oxygens (including phenoxy) is 1. The summed E-state index contributed by atoms with van der Waals surface area (Å²) in [6.45, 7) is 2.20.